The van der Waals surface area contributed by atoms with Crippen molar-refractivity contribution in [3.8, 4) is 23.4 Å². The molecule has 4 nitrogen and oxygen atoms in total. The summed E-state index contributed by atoms with van der Waals surface area (Å²) in [6.07, 6.45) is 1.66. The average Bonchev–Trinajstić information content (AvgIpc) is 2.74. The molecule has 0 unspecified atom stereocenters. The van der Waals surface area contributed by atoms with Crippen LogP contribution in [-0.4, -0.2) is 9.78 Å². The summed E-state index contributed by atoms with van der Waals surface area (Å²) in [7, 11) is 1.80. The molecule has 1 heterocycles. The predicted molar refractivity (Wildman–Crippen MR) is 58.1 cm³/mol. The summed E-state index contributed by atoms with van der Waals surface area (Å²) >= 11 is 0. The third-order valence-electron chi connectivity index (χ3n) is 2.37. The van der Waals surface area contributed by atoms with Crippen LogP contribution in [0.15, 0.2) is 30.5 Å². The van der Waals surface area contributed by atoms with Gasteiger partial charge in [-0.2, -0.15) is 15.6 Å². The number of benzene rings is 1. The topological polar surface area (TPSA) is 65.4 Å². The Labute approximate surface area is 93.0 Å². The highest BCUT2D eigenvalue weighted by Gasteiger charge is 2.09. The van der Waals surface area contributed by atoms with Gasteiger partial charge < -0.3 is 0 Å². The SMILES string of the molecule is Cn1nccc1-c1cc(C#N)ccc1C#N. The maximum Gasteiger partial charge on any atom is 0.0998 e. The number of nitrogens with zero attached hydrogens (tertiary/aromatic N) is 4. The second-order valence-corrected chi connectivity index (χ2v) is 3.32. The van der Waals surface area contributed by atoms with Gasteiger partial charge in [0.2, 0.25) is 0 Å². The number of hydrogen-bond acceptors (Lipinski definition) is 3. The smallest absolute Gasteiger partial charge is 0.0998 e. The molecule has 0 amide bonds. The van der Waals surface area contributed by atoms with Crippen molar-refractivity contribution in [2.75, 3.05) is 0 Å². The first-order valence-corrected chi connectivity index (χ1v) is 4.69. The fourth-order valence-electron chi connectivity index (χ4n) is 1.56. The van der Waals surface area contributed by atoms with E-state index in [4.69, 9.17) is 10.5 Å². The first-order valence-electron chi connectivity index (χ1n) is 4.69. The summed E-state index contributed by atoms with van der Waals surface area (Å²) in [4.78, 5) is 0. The van der Waals surface area contributed by atoms with E-state index in [-0.39, 0.29) is 0 Å². The largest absolute Gasteiger partial charge is 0.268 e. The number of hydrogen-bond donors (Lipinski definition) is 0. The van der Waals surface area contributed by atoms with Gasteiger partial charge >= 0.3 is 0 Å². The van der Waals surface area contributed by atoms with E-state index in [1.165, 1.54) is 0 Å². The predicted octanol–water partition coefficient (Wildman–Crippen LogP) is 1.83. The van der Waals surface area contributed by atoms with Gasteiger partial charge in [0.25, 0.3) is 0 Å². The number of aromatic nitrogens is 2. The van der Waals surface area contributed by atoms with Crippen LogP contribution in [0.4, 0.5) is 0 Å². The molecule has 0 atom stereocenters. The summed E-state index contributed by atoms with van der Waals surface area (Å²) in [5.41, 5.74) is 2.65. The first kappa shape index (κ1) is 9.95. The zero-order valence-corrected chi connectivity index (χ0v) is 8.68. The van der Waals surface area contributed by atoms with Crippen LogP contribution in [0.5, 0.6) is 0 Å². The number of aryl methyl sites for hydroxylation is 1. The van der Waals surface area contributed by atoms with E-state index in [1.807, 2.05) is 6.07 Å². The van der Waals surface area contributed by atoms with Crippen molar-refractivity contribution in [2.45, 2.75) is 0 Å². The maximum absolute atomic E-state index is 9.01. The van der Waals surface area contributed by atoms with Crippen LogP contribution in [0.2, 0.25) is 0 Å². The van der Waals surface area contributed by atoms with E-state index in [9.17, 15) is 0 Å². The van der Waals surface area contributed by atoms with Gasteiger partial charge in [-0.05, 0) is 24.3 Å². The Morgan fingerprint density at radius 1 is 1.19 bits per heavy atom. The van der Waals surface area contributed by atoms with Crippen molar-refractivity contribution in [1.29, 1.82) is 10.5 Å². The Hall–Kier alpha value is -2.59. The second-order valence-electron chi connectivity index (χ2n) is 3.32. The molecule has 0 N–H and O–H groups in total. The molecule has 0 fully saturated rings. The molecular formula is C12H8N4. The summed E-state index contributed by atoms with van der Waals surface area (Å²) in [5.74, 6) is 0. The molecule has 0 saturated carbocycles. The minimum absolute atomic E-state index is 0.537. The van der Waals surface area contributed by atoms with Crippen LogP contribution in [0.3, 0.4) is 0 Å². The lowest BCUT2D eigenvalue weighted by Gasteiger charge is -2.04. The summed E-state index contributed by atoms with van der Waals surface area (Å²) in [6, 6.07) is 11.0. The first-order chi connectivity index (χ1) is 7.76. The molecule has 1 aromatic heterocycles. The van der Waals surface area contributed by atoms with Crippen LogP contribution >= 0.6 is 0 Å². The fourth-order valence-corrected chi connectivity index (χ4v) is 1.56. The van der Waals surface area contributed by atoms with Gasteiger partial charge in [0.1, 0.15) is 0 Å². The Morgan fingerprint density at radius 2 is 2.00 bits per heavy atom. The third kappa shape index (κ3) is 1.53. The van der Waals surface area contributed by atoms with Crippen molar-refractivity contribution in [3.05, 3.63) is 41.6 Å². The molecule has 2 rings (SSSR count). The van der Waals surface area contributed by atoms with Crippen molar-refractivity contribution in [1.82, 2.24) is 9.78 Å². The monoisotopic (exact) mass is 208 g/mol. The molecule has 16 heavy (non-hydrogen) atoms. The highest BCUT2D eigenvalue weighted by atomic mass is 15.3. The molecule has 2 aromatic rings. The molecule has 0 spiro atoms. The van der Waals surface area contributed by atoms with Gasteiger partial charge in [0.15, 0.2) is 0 Å². The maximum atomic E-state index is 9.01. The van der Waals surface area contributed by atoms with Gasteiger partial charge in [-0.3, -0.25) is 4.68 Å². The van der Waals surface area contributed by atoms with E-state index in [0.29, 0.717) is 11.1 Å². The Bertz CT molecular complexity index is 611. The van der Waals surface area contributed by atoms with Crippen LogP contribution in [-0.2, 0) is 7.05 Å². The van der Waals surface area contributed by atoms with Crippen LogP contribution in [0.1, 0.15) is 11.1 Å². The summed E-state index contributed by atoms with van der Waals surface area (Å²) in [6.45, 7) is 0. The minimum Gasteiger partial charge on any atom is -0.268 e. The zero-order chi connectivity index (χ0) is 11.5. The molecule has 0 radical (unpaired) electrons. The molecule has 4 heteroatoms. The Kier molecular flexibility index (Phi) is 2.41. The van der Waals surface area contributed by atoms with Gasteiger partial charge in [-0.15, -0.1) is 0 Å². The van der Waals surface area contributed by atoms with Gasteiger partial charge in [-0.1, -0.05) is 0 Å². The molecule has 0 aliphatic rings. The molecule has 0 aliphatic heterocycles. The van der Waals surface area contributed by atoms with E-state index in [2.05, 4.69) is 17.2 Å². The quantitative estimate of drug-likeness (QED) is 0.718. The highest BCUT2D eigenvalue weighted by Crippen LogP contribution is 2.23. The van der Waals surface area contributed by atoms with Gasteiger partial charge in [0, 0.05) is 18.8 Å². The molecule has 76 valence electrons. The summed E-state index contributed by atoms with van der Waals surface area (Å²) in [5, 5.41) is 21.9. The molecule has 0 saturated heterocycles. The lowest BCUT2D eigenvalue weighted by atomic mass is 10.0. The standard InChI is InChI=1S/C12H8N4/c1-16-12(4-5-15-16)11-6-9(7-13)2-3-10(11)8-14/h2-6H,1H3. The molecule has 0 bridgehead atoms. The average molecular weight is 208 g/mol. The van der Waals surface area contributed by atoms with Gasteiger partial charge in [-0.25, -0.2) is 0 Å². The zero-order valence-electron chi connectivity index (χ0n) is 8.68. The Morgan fingerprint density at radius 3 is 2.56 bits per heavy atom. The lowest BCUT2D eigenvalue weighted by molar-refractivity contribution is 0.775. The normalized spacial score (nSPS) is 9.44. The molecule has 0 aliphatic carbocycles. The van der Waals surface area contributed by atoms with E-state index < -0.39 is 0 Å². The third-order valence-corrected chi connectivity index (χ3v) is 2.37. The van der Waals surface area contributed by atoms with E-state index in [1.54, 1.807) is 36.1 Å². The highest BCUT2D eigenvalue weighted by molar-refractivity contribution is 5.69. The number of nitriles is 2. The second kappa shape index (κ2) is 3.88. The van der Waals surface area contributed by atoms with E-state index >= 15 is 0 Å². The van der Waals surface area contributed by atoms with Crippen LogP contribution in [0, 0.1) is 22.7 Å². The molecular weight excluding hydrogens is 200 g/mol. The van der Waals surface area contributed by atoms with Crippen molar-refractivity contribution < 1.29 is 0 Å². The fraction of sp³-hybridized carbons (Fsp3) is 0.0833. The molecule has 1 aromatic carbocycles. The van der Waals surface area contributed by atoms with Crippen molar-refractivity contribution in [3.63, 3.8) is 0 Å². The van der Waals surface area contributed by atoms with Crippen LogP contribution in [0.25, 0.3) is 11.3 Å². The summed E-state index contributed by atoms with van der Waals surface area (Å²) < 4.78 is 1.68. The Balaban J connectivity index is 2.69. The van der Waals surface area contributed by atoms with Gasteiger partial charge in [0.05, 0.1) is 29.0 Å². The minimum atomic E-state index is 0.537. The number of rotatable bonds is 1. The van der Waals surface area contributed by atoms with Crippen LogP contribution < -0.4 is 0 Å². The lowest BCUT2D eigenvalue weighted by Crippen LogP contribution is -1.95. The van der Waals surface area contributed by atoms with E-state index in [0.717, 1.165) is 11.3 Å². The van der Waals surface area contributed by atoms with Crippen molar-refractivity contribution >= 4 is 0 Å². The van der Waals surface area contributed by atoms with Crippen molar-refractivity contribution in [2.24, 2.45) is 7.05 Å².